The molecule has 0 amide bonds. The van der Waals surface area contributed by atoms with Crippen molar-refractivity contribution in [1.82, 2.24) is 0 Å². The van der Waals surface area contributed by atoms with E-state index in [-0.39, 0.29) is 25.7 Å². The zero-order valence-corrected chi connectivity index (χ0v) is 13.0. The summed E-state index contributed by atoms with van der Waals surface area (Å²) in [4.78, 5) is 12.3. The molecule has 0 atom stereocenters. The van der Waals surface area contributed by atoms with Crippen LogP contribution in [0.4, 0.5) is 0 Å². The Hall–Kier alpha value is -0.190. The maximum atomic E-state index is 12.3. The lowest BCUT2D eigenvalue weighted by Gasteiger charge is -2.08. The number of rotatable bonds is 2. The molecule has 0 aliphatic carbocycles. The second kappa shape index (κ2) is 5.43. The van der Waals surface area contributed by atoms with E-state index in [1.807, 2.05) is 0 Å². The number of carbonyl (C=O) groups is 1. The van der Waals surface area contributed by atoms with Gasteiger partial charge in [0.05, 0.1) is 37.5 Å². The number of ketones is 1. The Labute approximate surface area is 131 Å². The summed E-state index contributed by atoms with van der Waals surface area (Å²) in [5.74, 6) is -0.399. The largest absolute Gasteiger partial charge is 0.457 e. The molecule has 0 spiro atoms. The molecule has 0 saturated carbocycles. The first-order valence-corrected chi connectivity index (χ1v) is 6.84. The Morgan fingerprint density at radius 2 is 1.78 bits per heavy atom. The summed E-state index contributed by atoms with van der Waals surface area (Å²) in [5, 5.41) is 0.431. The van der Waals surface area contributed by atoms with Crippen LogP contribution in [0.1, 0.15) is 15.9 Å². The van der Waals surface area contributed by atoms with E-state index in [0.29, 0.717) is 10.2 Å². The Bertz CT molecular complexity index is 636. The molecule has 2 rings (SSSR count). The van der Waals surface area contributed by atoms with Crippen molar-refractivity contribution in [3.05, 3.63) is 54.3 Å². The van der Waals surface area contributed by atoms with E-state index < -0.39 is 5.78 Å². The van der Waals surface area contributed by atoms with Crippen molar-refractivity contribution >= 4 is 68.1 Å². The fraction of sp³-hybridized carbons (Fsp3) is 0. The molecule has 1 aromatic heterocycles. The molecule has 0 unspecified atom stereocenters. The van der Waals surface area contributed by atoms with Gasteiger partial charge in [-0.25, -0.2) is 0 Å². The average molecular weight is 389 g/mol. The lowest BCUT2D eigenvalue weighted by molar-refractivity contribution is 0.103. The van der Waals surface area contributed by atoms with Crippen molar-refractivity contribution < 1.29 is 9.21 Å². The highest BCUT2D eigenvalue weighted by Gasteiger charge is 2.23. The fourth-order valence-corrected chi connectivity index (χ4v) is 2.87. The fourth-order valence-electron chi connectivity index (χ4n) is 1.36. The second-order valence-electron chi connectivity index (χ2n) is 3.28. The molecule has 2 aromatic rings. The van der Waals surface area contributed by atoms with Gasteiger partial charge in [-0.05, 0) is 28.1 Å². The van der Waals surface area contributed by atoms with Crippen LogP contribution in [-0.4, -0.2) is 5.78 Å². The van der Waals surface area contributed by atoms with Gasteiger partial charge in [-0.2, -0.15) is 0 Å². The van der Waals surface area contributed by atoms with Gasteiger partial charge in [-0.3, -0.25) is 4.79 Å². The molecule has 7 heteroatoms. The van der Waals surface area contributed by atoms with Crippen LogP contribution < -0.4 is 0 Å². The number of hydrogen-bond acceptors (Lipinski definition) is 2. The zero-order chi connectivity index (χ0) is 13.4. The highest BCUT2D eigenvalue weighted by molar-refractivity contribution is 9.10. The van der Waals surface area contributed by atoms with Crippen LogP contribution in [0.15, 0.2) is 27.5 Å². The van der Waals surface area contributed by atoms with Crippen LogP contribution in [0.2, 0.25) is 20.1 Å². The highest BCUT2D eigenvalue weighted by atomic mass is 79.9. The number of benzene rings is 1. The van der Waals surface area contributed by atoms with Gasteiger partial charge in [-0.15, -0.1) is 0 Å². The predicted octanol–water partition coefficient (Wildman–Crippen LogP) is 5.89. The minimum absolute atomic E-state index is 0.0206. The molecule has 1 heterocycles. The number of furan rings is 1. The first kappa shape index (κ1) is 14.2. The molecular formula is C11H3BrCl4O2. The van der Waals surface area contributed by atoms with E-state index in [9.17, 15) is 4.79 Å². The normalized spacial score (nSPS) is 10.7. The van der Waals surface area contributed by atoms with Crippen molar-refractivity contribution in [3.63, 3.8) is 0 Å². The summed E-state index contributed by atoms with van der Waals surface area (Å²) in [6, 6.07) is 2.88. The maximum Gasteiger partial charge on any atom is 0.200 e. The standard InChI is InChI=1S/C11H3BrCl4O2/c12-11-4(1-2-18-11)10(17)7-5(13)3-6(14)8(15)9(7)16/h1-3H. The molecule has 0 bridgehead atoms. The molecule has 0 radical (unpaired) electrons. The van der Waals surface area contributed by atoms with Gasteiger partial charge in [-0.1, -0.05) is 46.4 Å². The smallest absolute Gasteiger partial charge is 0.200 e. The lowest BCUT2D eigenvalue weighted by atomic mass is 10.1. The molecule has 18 heavy (non-hydrogen) atoms. The van der Waals surface area contributed by atoms with Gasteiger partial charge in [0, 0.05) is 0 Å². The SMILES string of the molecule is O=C(c1ccoc1Br)c1c(Cl)cc(Cl)c(Cl)c1Cl. The molecule has 0 N–H and O–H groups in total. The number of carbonyl (C=O) groups excluding carboxylic acids is 1. The summed E-state index contributed by atoms with van der Waals surface area (Å²) in [6.45, 7) is 0. The third-order valence-electron chi connectivity index (χ3n) is 2.20. The van der Waals surface area contributed by atoms with Gasteiger partial charge in [0.25, 0.3) is 0 Å². The Balaban J connectivity index is 2.63. The zero-order valence-electron chi connectivity index (χ0n) is 8.44. The third kappa shape index (κ3) is 2.43. The van der Waals surface area contributed by atoms with Gasteiger partial charge in [0.1, 0.15) is 0 Å². The van der Waals surface area contributed by atoms with Crippen molar-refractivity contribution in [3.8, 4) is 0 Å². The van der Waals surface area contributed by atoms with Crippen molar-refractivity contribution in [2.75, 3.05) is 0 Å². The number of hydrogen-bond donors (Lipinski definition) is 0. The molecule has 0 fully saturated rings. The van der Waals surface area contributed by atoms with Gasteiger partial charge < -0.3 is 4.42 Å². The molecule has 94 valence electrons. The Morgan fingerprint density at radius 3 is 2.33 bits per heavy atom. The van der Waals surface area contributed by atoms with E-state index in [0.717, 1.165) is 0 Å². The summed E-state index contributed by atoms with van der Waals surface area (Å²) in [5.41, 5.74) is 0.395. The summed E-state index contributed by atoms with van der Waals surface area (Å²) >= 11 is 26.8. The van der Waals surface area contributed by atoms with E-state index in [4.69, 9.17) is 50.8 Å². The minimum atomic E-state index is -0.399. The summed E-state index contributed by atoms with van der Waals surface area (Å²) in [6.07, 6.45) is 1.37. The first-order valence-electron chi connectivity index (χ1n) is 4.54. The molecule has 0 aliphatic heterocycles. The van der Waals surface area contributed by atoms with Crippen molar-refractivity contribution in [2.24, 2.45) is 0 Å². The van der Waals surface area contributed by atoms with E-state index in [1.54, 1.807) is 0 Å². The molecule has 2 nitrogen and oxygen atoms in total. The van der Waals surface area contributed by atoms with Crippen LogP contribution in [0.25, 0.3) is 0 Å². The van der Waals surface area contributed by atoms with Gasteiger partial charge in [0.2, 0.25) is 5.78 Å². The van der Waals surface area contributed by atoms with Gasteiger partial charge >= 0.3 is 0 Å². The highest BCUT2D eigenvalue weighted by Crippen LogP contribution is 2.39. The van der Waals surface area contributed by atoms with Crippen molar-refractivity contribution in [2.45, 2.75) is 0 Å². The van der Waals surface area contributed by atoms with E-state index in [1.165, 1.54) is 18.4 Å². The van der Waals surface area contributed by atoms with Crippen LogP contribution in [0.5, 0.6) is 0 Å². The number of halogens is 5. The minimum Gasteiger partial charge on any atom is -0.457 e. The molecule has 0 aliphatic rings. The monoisotopic (exact) mass is 386 g/mol. The topological polar surface area (TPSA) is 30.2 Å². The van der Waals surface area contributed by atoms with E-state index >= 15 is 0 Å². The van der Waals surface area contributed by atoms with Crippen LogP contribution in [0, 0.1) is 0 Å². The van der Waals surface area contributed by atoms with Crippen molar-refractivity contribution in [1.29, 1.82) is 0 Å². The maximum absolute atomic E-state index is 12.3. The quantitative estimate of drug-likeness (QED) is 0.365. The predicted molar refractivity (Wildman–Crippen MR) is 76.3 cm³/mol. The third-order valence-corrected chi connectivity index (χ3v) is 4.38. The van der Waals surface area contributed by atoms with Crippen LogP contribution >= 0.6 is 62.3 Å². The lowest BCUT2D eigenvalue weighted by Crippen LogP contribution is -2.03. The van der Waals surface area contributed by atoms with Crippen LogP contribution in [-0.2, 0) is 0 Å². The molecule has 0 saturated heterocycles. The van der Waals surface area contributed by atoms with Gasteiger partial charge in [0.15, 0.2) is 4.67 Å². The average Bonchev–Trinajstić information content (AvgIpc) is 2.72. The van der Waals surface area contributed by atoms with E-state index in [2.05, 4.69) is 15.9 Å². The second-order valence-corrected chi connectivity index (χ2v) is 5.57. The molecule has 1 aromatic carbocycles. The van der Waals surface area contributed by atoms with Crippen LogP contribution in [0.3, 0.4) is 0 Å². The summed E-state index contributed by atoms with van der Waals surface area (Å²) in [7, 11) is 0. The Kier molecular flexibility index (Phi) is 4.29. The molecular weight excluding hydrogens is 386 g/mol. The first-order chi connectivity index (χ1) is 8.43. The summed E-state index contributed by atoms with van der Waals surface area (Å²) < 4.78 is 5.29. The Morgan fingerprint density at radius 1 is 1.11 bits per heavy atom.